The second kappa shape index (κ2) is 10.0. The summed E-state index contributed by atoms with van der Waals surface area (Å²) in [5, 5.41) is 7.00. The van der Waals surface area contributed by atoms with Crippen LogP contribution >= 0.6 is 11.6 Å². The number of alkyl halides is 3. The number of pyridine rings is 1. The maximum Gasteiger partial charge on any atom is 0.422 e. The Hall–Kier alpha value is -2.48. The number of aromatic nitrogens is 1. The van der Waals surface area contributed by atoms with Gasteiger partial charge in [-0.3, -0.25) is 4.99 Å². The Morgan fingerprint density at radius 1 is 1.11 bits per heavy atom. The molecule has 0 aliphatic rings. The van der Waals surface area contributed by atoms with Crippen LogP contribution < -0.4 is 15.4 Å². The Morgan fingerprint density at radius 2 is 1.81 bits per heavy atom. The Bertz CT molecular complexity index is 734. The minimum absolute atomic E-state index is 0.0680. The summed E-state index contributed by atoms with van der Waals surface area (Å²) in [4.78, 5) is 7.99. The van der Waals surface area contributed by atoms with Crippen molar-refractivity contribution < 1.29 is 17.9 Å². The number of guanidine groups is 1. The first-order chi connectivity index (χ1) is 12.9. The average molecular weight is 401 g/mol. The number of hydrogen-bond donors (Lipinski definition) is 2. The highest BCUT2D eigenvalue weighted by Gasteiger charge is 2.28. The van der Waals surface area contributed by atoms with Gasteiger partial charge in [-0.2, -0.15) is 13.2 Å². The first-order valence-electron chi connectivity index (χ1n) is 8.19. The lowest BCUT2D eigenvalue weighted by Gasteiger charge is -2.12. The molecule has 0 aliphatic carbocycles. The summed E-state index contributed by atoms with van der Waals surface area (Å²) >= 11 is 5.86. The Balaban J connectivity index is 1.74. The van der Waals surface area contributed by atoms with Crippen molar-refractivity contribution in [1.29, 1.82) is 0 Å². The molecule has 0 bridgehead atoms. The quantitative estimate of drug-likeness (QED) is 0.551. The zero-order valence-corrected chi connectivity index (χ0v) is 15.4. The molecule has 0 amide bonds. The molecule has 0 radical (unpaired) electrons. The van der Waals surface area contributed by atoms with Gasteiger partial charge in [-0.1, -0.05) is 29.8 Å². The van der Waals surface area contributed by atoms with E-state index in [0.29, 0.717) is 24.1 Å². The van der Waals surface area contributed by atoms with Gasteiger partial charge in [0.25, 0.3) is 0 Å². The van der Waals surface area contributed by atoms with E-state index in [-0.39, 0.29) is 5.88 Å². The van der Waals surface area contributed by atoms with Crippen molar-refractivity contribution in [2.45, 2.75) is 19.1 Å². The molecular weight excluding hydrogens is 381 g/mol. The van der Waals surface area contributed by atoms with Gasteiger partial charge < -0.3 is 15.4 Å². The maximum atomic E-state index is 12.1. The second-order valence-electron chi connectivity index (χ2n) is 5.64. The summed E-state index contributed by atoms with van der Waals surface area (Å²) in [6.07, 6.45) is -2.11. The summed E-state index contributed by atoms with van der Waals surface area (Å²) in [5.74, 6) is 0.544. The number of halogens is 4. The van der Waals surface area contributed by atoms with Gasteiger partial charge in [-0.15, -0.1) is 0 Å². The average Bonchev–Trinajstić information content (AvgIpc) is 2.64. The zero-order valence-electron chi connectivity index (χ0n) is 14.7. The molecule has 146 valence electrons. The lowest BCUT2D eigenvalue weighted by atomic mass is 10.1. The van der Waals surface area contributed by atoms with Crippen molar-refractivity contribution in [3.63, 3.8) is 0 Å². The number of nitrogens with zero attached hydrogens (tertiary/aromatic N) is 2. The van der Waals surface area contributed by atoms with Crippen LogP contribution in [0.25, 0.3) is 0 Å². The van der Waals surface area contributed by atoms with Crippen LogP contribution in [-0.4, -0.2) is 37.3 Å². The van der Waals surface area contributed by atoms with Gasteiger partial charge in [-0.05, 0) is 29.7 Å². The van der Waals surface area contributed by atoms with Crippen LogP contribution in [0.5, 0.6) is 5.88 Å². The fourth-order valence-corrected chi connectivity index (χ4v) is 2.27. The Morgan fingerprint density at radius 3 is 2.41 bits per heavy atom. The molecule has 1 heterocycles. The van der Waals surface area contributed by atoms with E-state index in [1.165, 1.54) is 12.3 Å². The summed E-state index contributed by atoms with van der Waals surface area (Å²) in [7, 11) is 1.66. The molecule has 9 heteroatoms. The van der Waals surface area contributed by atoms with Crippen molar-refractivity contribution in [2.75, 3.05) is 20.2 Å². The van der Waals surface area contributed by atoms with Gasteiger partial charge in [0.2, 0.25) is 5.88 Å². The molecule has 2 rings (SSSR count). The molecule has 1 aromatic heterocycles. The van der Waals surface area contributed by atoms with Crippen LogP contribution in [0, 0.1) is 0 Å². The minimum atomic E-state index is -4.38. The standard InChI is InChI=1S/C18H20ClF3N4O/c1-23-17(24-9-8-13-2-5-15(19)6-3-13)26-11-14-4-7-16(25-10-14)27-12-18(20,21)22/h2-7,10H,8-9,11-12H2,1H3,(H2,23,24,26). The molecule has 0 aliphatic heterocycles. The first kappa shape index (κ1) is 20.8. The van der Waals surface area contributed by atoms with Crippen molar-refractivity contribution in [2.24, 2.45) is 4.99 Å². The number of rotatable bonds is 7. The number of aliphatic imine (C=N–C) groups is 1. The number of ether oxygens (including phenoxy) is 1. The van der Waals surface area contributed by atoms with E-state index in [0.717, 1.165) is 17.5 Å². The lowest BCUT2D eigenvalue weighted by molar-refractivity contribution is -0.154. The minimum Gasteiger partial charge on any atom is -0.468 e. The topological polar surface area (TPSA) is 58.5 Å². The van der Waals surface area contributed by atoms with Crippen LogP contribution in [0.15, 0.2) is 47.6 Å². The summed E-state index contributed by atoms with van der Waals surface area (Å²) < 4.78 is 40.9. The molecule has 0 fully saturated rings. The molecule has 0 atom stereocenters. The molecule has 1 aromatic carbocycles. The highest BCUT2D eigenvalue weighted by atomic mass is 35.5. The Labute approximate surface area is 160 Å². The normalized spacial score (nSPS) is 12.0. The van der Waals surface area contributed by atoms with Gasteiger partial charge in [-0.25, -0.2) is 4.98 Å². The van der Waals surface area contributed by atoms with Crippen LogP contribution in [0.2, 0.25) is 5.02 Å². The summed E-state index contributed by atoms with van der Waals surface area (Å²) in [6.45, 7) is -0.251. The van der Waals surface area contributed by atoms with E-state index < -0.39 is 12.8 Å². The molecular formula is C18H20ClF3N4O. The van der Waals surface area contributed by atoms with Crippen molar-refractivity contribution in [1.82, 2.24) is 15.6 Å². The molecule has 5 nitrogen and oxygen atoms in total. The van der Waals surface area contributed by atoms with Gasteiger partial charge in [0.15, 0.2) is 12.6 Å². The molecule has 0 spiro atoms. The van der Waals surface area contributed by atoms with E-state index in [4.69, 9.17) is 11.6 Å². The highest BCUT2D eigenvalue weighted by molar-refractivity contribution is 6.30. The van der Waals surface area contributed by atoms with Gasteiger partial charge in [0.05, 0.1) is 0 Å². The van der Waals surface area contributed by atoms with E-state index in [1.54, 1.807) is 13.1 Å². The fraction of sp³-hybridized carbons (Fsp3) is 0.333. The van der Waals surface area contributed by atoms with Crippen LogP contribution in [0.4, 0.5) is 13.2 Å². The third-order valence-electron chi connectivity index (χ3n) is 3.48. The predicted molar refractivity (Wildman–Crippen MR) is 99.1 cm³/mol. The smallest absolute Gasteiger partial charge is 0.422 e. The molecule has 0 saturated heterocycles. The largest absolute Gasteiger partial charge is 0.468 e. The fourth-order valence-electron chi connectivity index (χ4n) is 2.14. The van der Waals surface area contributed by atoms with Crippen LogP contribution in [0.3, 0.4) is 0 Å². The molecule has 0 saturated carbocycles. The highest BCUT2D eigenvalue weighted by Crippen LogP contribution is 2.17. The van der Waals surface area contributed by atoms with Crippen molar-refractivity contribution in [3.05, 3.63) is 58.7 Å². The number of benzene rings is 1. The van der Waals surface area contributed by atoms with Gasteiger partial charge in [0.1, 0.15) is 0 Å². The van der Waals surface area contributed by atoms with Crippen LogP contribution in [-0.2, 0) is 13.0 Å². The van der Waals surface area contributed by atoms with E-state index >= 15 is 0 Å². The third-order valence-corrected chi connectivity index (χ3v) is 3.74. The van der Waals surface area contributed by atoms with E-state index in [9.17, 15) is 13.2 Å². The SMILES string of the molecule is CN=C(NCCc1ccc(Cl)cc1)NCc1ccc(OCC(F)(F)F)nc1. The lowest BCUT2D eigenvalue weighted by Crippen LogP contribution is -2.37. The maximum absolute atomic E-state index is 12.1. The third kappa shape index (κ3) is 8.17. The van der Waals surface area contributed by atoms with Gasteiger partial charge >= 0.3 is 6.18 Å². The summed E-state index contributed by atoms with van der Waals surface area (Å²) in [5.41, 5.74) is 1.94. The Kier molecular flexibility index (Phi) is 7.72. The molecule has 2 aromatic rings. The van der Waals surface area contributed by atoms with E-state index in [2.05, 4.69) is 25.3 Å². The molecule has 0 unspecified atom stereocenters. The van der Waals surface area contributed by atoms with Crippen LogP contribution in [0.1, 0.15) is 11.1 Å². The number of hydrogen-bond acceptors (Lipinski definition) is 3. The van der Waals surface area contributed by atoms with Crippen molar-refractivity contribution in [3.8, 4) is 5.88 Å². The van der Waals surface area contributed by atoms with Gasteiger partial charge in [0, 0.05) is 37.4 Å². The van der Waals surface area contributed by atoms with E-state index in [1.807, 2.05) is 24.3 Å². The second-order valence-corrected chi connectivity index (χ2v) is 6.07. The van der Waals surface area contributed by atoms with Crippen molar-refractivity contribution >= 4 is 17.6 Å². The zero-order chi connectivity index (χ0) is 19.7. The molecule has 2 N–H and O–H groups in total. The number of nitrogens with one attached hydrogen (secondary N) is 2. The predicted octanol–water partition coefficient (Wildman–Crippen LogP) is 3.58. The monoisotopic (exact) mass is 400 g/mol. The molecule has 27 heavy (non-hydrogen) atoms. The summed E-state index contributed by atoms with van der Waals surface area (Å²) in [6, 6.07) is 10.7. The first-order valence-corrected chi connectivity index (χ1v) is 8.57.